The molecule has 0 radical (unpaired) electrons. The summed E-state index contributed by atoms with van der Waals surface area (Å²) >= 11 is 0. The molecule has 0 saturated carbocycles. The van der Waals surface area contributed by atoms with E-state index in [9.17, 15) is 4.79 Å². The minimum absolute atomic E-state index is 0.0302. The number of anilines is 1. The van der Waals surface area contributed by atoms with Crippen LogP contribution in [0.5, 0.6) is 11.6 Å². The molecule has 0 spiro atoms. The van der Waals surface area contributed by atoms with Crippen LogP contribution < -0.4 is 16.0 Å². The summed E-state index contributed by atoms with van der Waals surface area (Å²) in [6.07, 6.45) is 3.95. The second kappa shape index (κ2) is 5.89. The zero-order chi connectivity index (χ0) is 14.5. The molecule has 2 rings (SSSR count). The molecule has 0 aliphatic carbocycles. The Kier molecular flexibility index (Phi) is 4.01. The fraction of sp³-hybridized carbons (Fsp3) is 0.214. The Morgan fingerprint density at radius 3 is 2.95 bits per heavy atom. The molecule has 0 fully saturated rings. The molecule has 0 saturated heterocycles. The van der Waals surface area contributed by atoms with Gasteiger partial charge in [0.05, 0.1) is 17.3 Å². The molecule has 1 heterocycles. The van der Waals surface area contributed by atoms with E-state index in [-0.39, 0.29) is 17.1 Å². The first-order chi connectivity index (χ1) is 9.65. The van der Waals surface area contributed by atoms with E-state index in [2.05, 4.69) is 4.98 Å². The van der Waals surface area contributed by atoms with Crippen LogP contribution in [-0.4, -0.2) is 9.55 Å². The first-order valence-electron chi connectivity index (χ1n) is 6.18. The molecule has 1 aromatic carbocycles. The summed E-state index contributed by atoms with van der Waals surface area (Å²) in [6.45, 7) is 2.58. The molecular formula is C14H14N4O2. The fourth-order valence-corrected chi connectivity index (χ4v) is 1.73. The summed E-state index contributed by atoms with van der Waals surface area (Å²) in [7, 11) is 0. The smallest absolute Gasteiger partial charge is 0.313 e. The van der Waals surface area contributed by atoms with Crippen LogP contribution in [0, 0.1) is 11.3 Å². The van der Waals surface area contributed by atoms with E-state index in [4.69, 9.17) is 15.7 Å². The maximum atomic E-state index is 12.1. The number of nitrogen functional groups attached to an aromatic ring is 1. The van der Waals surface area contributed by atoms with Gasteiger partial charge in [-0.3, -0.25) is 4.79 Å². The number of rotatable bonds is 4. The molecule has 0 amide bonds. The number of nitrogens with zero attached hydrogens (tertiary/aromatic N) is 3. The molecule has 20 heavy (non-hydrogen) atoms. The Morgan fingerprint density at radius 1 is 1.50 bits per heavy atom. The third kappa shape index (κ3) is 2.78. The van der Waals surface area contributed by atoms with Crippen molar-refractivity contribution < 1.29 is 4.74 Å². The zero-order valence-corrected chi connectivity index (χ0v) is 11.0. The highest BCUT2D eigenvalue weighted by Crippen LogP contribution is 2.25. The van der Waals surface area contributed by atoms with Gasteiger partial charge in [-0.15, -0.1) is 0 Å². The first-order valence-corrected chi connectivity index (χ1v) is 6.18. The highest BCUT2D eigenvalue weighted by molar-refractivity contribution is 5.57. The lowest BCUT2D eigenvalue weighted by atomic mass is 10.2. The lowest BCUT2D eigenvalue weighted by Crippen LogP contribution is -2.21. The lowest BCUT2D eigenvalue weighted by Gasteiger charge is -2.09. The normalized spacial score (nSPS) is 10.0. The van der Waals surface area contributed by atoms with Crippen LogP contribution in [-0.2, 0) is 6.54 Å². The summed E-state index contributed by atoms with van der Waals surface area (Å²) in [5, 5.41) is 8.77. The van der Waals surface area contributed by atoms with Crippen molar-refractivity contribution in [2.24, 2.45) is 0 Å². The van der Waals surface area contributed by atoms with E-state index in [0.717, 1.165) is 6.42 Å². The maximum Gasteiger partial charge on any atom is 0.313 e. The van der Waals surface area contributed by atoms with Gasteiger partial charge in [0.15, 0.2) is 5.75 Å². The van der Waals surface area contributed by atoms with Gasteiger partial charge < -0.3 is 15.0 Å². The SMILES string of the molecule is CCCn1ccnc(Oc2ccc(C#N)cc2N)c1=O. The average molecular weight is 270 g/mol. The van der Waals surface area contributed by atoms with Gasteiger partial charge in [0, 0.05) is 18.9 Å². The number of benzene rings is 1. The average Bonchev–Trinajstić information content (AvgIpc) is 2.45. The molecule has 6 nitrogen and oxygen atoms in total. The molecule has 0 aliphatic rings. The van der Waals surface area contributed by atoms with E-state index >= 15 is 0 Å². The van der Waals surface area contributed by atoms with Crippen LogP contribution in [0.4, 0.5) is 5.69 Å². The summed E-state index contributed by atoms with van der Waals surface area (Å²) < 4.78 is 6.98. The molecule has 2 N–H and O–H groups in total. The van der Waals surface area contributed by atoms with Crippen molar-refractivity contribution in [3.63, 3.8) is 0 Å². The number of ether oxygens (including phenoxy) is 1. The molecule has 0 aliphatic heterocycles. The minimum Gasteiger partial charge on any atom is -0.432 e. The van der Waals surface area contributed by atoms with Gasteiger partial charge in [0.25, 0.3) is 5.88 Å². The predicted octanol–water partition coefficient (Wildman–Crippen LogP) is 1.90. The van der Waals surface area contributed by atoms with Crippen LogP contribution >= 0.6 is 0 Å². The topological polar surface area (TPSA) is 93.9 Å². The monoisotopic (exact) mass is 270 g/mol. The van der Waals surface area contributed by atoms with Gasteiger partial charge in [-0.1, -0.05) is 6.92 Å². The third-order valence-electron chi connectivity index (χ3n) is 2.69. The number of nitriles is 1. The molecule has 2 aromatic rings. The Bertz CT molecular complexity index is 716. The minimum atomic E-state index is -0.307. The number of hydrogen-bond donors (Lipinski definition) is 1. The van der Waals surface area contributed by atoms with Gasteiger partial charge in [0.2, 0.25) is 0 Å². The molecule has 102 valence electrons. The van der Waals surface area contributed by atoms with Crippen LogP contribution in [0.1, 0.15) is 18.9 Å². The van der Waals surface area contributed by atoms with E-state index < -0.39 is 0 Å². The predicted molar refractivity (Wildman–Crippen MR) is 74.4 cm³/mol. The number of hydrogen-bond acceptors (Lipinski definition) is 5. The highest BCUT2D eigenvalue weighted by Gasteiger charge is 2.09. The van der Waals surface area contributed by atoms with Crippen molar-refractivity contribution in [1.29, 1.82) is 5.26 Å². The standard InChI is InChI=1S/C14H14N4O2/c1-2-6-18-7-5-17-13(14(18)19)20-12-4-3-10(9-15)8-11(12)16/h3-5,7-8H,2,6,16H2,1H3. The largest absolute Gasteiger partial charge is 0.432 e. The van der Waals surface area contributed by atoms with Crippen molar-refractivity contribution in [3.8, 4) is 17.7 Å². The number of nitrogens with two attached hydrogens (primary N) is 1. The molecule has 1 aromatic heterocycles. The van der Waals surface area contributed by atoms with E-state index in [1.807, 2.05) is 13.0 Å². The maximum absolute atomic E-state index is 12.1. The molecular weight excluding hydrogens is 256 g/mol. The van der Waals surface area contributed by atoms with Crippen LogP contribution in [0.2, 0.25) is 0 Å². The first kappa shape index (κ1) is 13.6. The number of aromatic nitrogens is 2. The Hall–Kier alpha value is -2.81. The Labute approximate surface area is 116 Å². The van der Waals surface area contributed by atoms with Gasteiger partial charge in [-0.25, -0.2) is 4.98 Å². The molecule has 0 unspecified atom stereocenters. The molecule has 0 bridgehead atoms. The number of aryl methyl sites for hydroxylation is 1. The summed E-state index contributed by atoms with van der Waals surface area (Å²) in [5.74, 6) is 0.278. The van der Waals surface area contributed by atoms with E-state index in [0.29, 0.717) is 17.9 Å². The van der Waals surface area contributed by atoms with Gasteiger partial charge in [0.1, 0.15) is 0 Å². The van der Waals surface area contributed by atoms with E-state index in [1.54, 1.807) is 18.3 Å². The van der Waals surface area contributed by atoms with Gasteiger partial charge in [-0.2, -0.15) is 5.26 Å². The molecule has 6 heteroatoms. The quantitative estimate of drug-likeness (QED) is 0.856. The third-order valence-corrected chi connectivity index (χ3v) is 2.69. The highest BCUT2D eigenvalue weighted by atomic mass is 16.5. The van der Waals surface area contributed by atoms with Crippen LogP contribution in [0.15, 0.2) is 35.4 Å². The van der Waals surface area contributed by atoms with Crippen molar-refractivity contribution in [2.75, 3.05) is 5.73 Å². The molecule has 0 atom stereocenters. The Morgan fingerprint density at radius 2 is 2.30 bits per heavy atom. The van der Waals surface area contributed by atoms with Gasteiger partial charge >= 0.3 is 5.56 Å². The lowest BCUT2D eigenvalue weighted by molar-refractivity contribution is 0.445. The summed E-state index contributed by atoms with van der Waals surface area (Å²) in [5.41, 5.74) is 6.19. The van der Waals surface area contributed by atoms with Crippen molar-refractivity contribution in [2.45, 2.75) is 19.9 Å². The second-order valence-electron chi connectivity index (χ2n) is 4.20. The second-order valence-corrected chi connectivity index (χ2v) is 4.20. The van der Waals surface area contributed by atoms with Crippen LogP contribution in [0.25, 0.3) is 0 Å². The zero-order valence-electron chi connectivity index (χ0n) is 11.0. The van der Waals surface area contributed by atoms with Crippen molar-refractivity contribution >= 4 is 5.69 Å². The Balaban J connectivity index is 2.33. The van der Waals surface area contributed by atoms with Crippen molar-refractivity contribution in [1.82, 2.24) is 9.55 Å². The van der Waals surface area contributed by atoms with Gasteiger partial charge in [-0.05, 0) is 24.6 Å². The fourth-order valence-electron chi connectivity index (χ4n) is 1.73. The van der Waals surface area contributed by atoms with Crippen molar-refractivity contribution in [3.05, 3.63) is 46.5 Å². The van der Waals surface area contributed by atoms with Crippen LogP contribution in [0.3, 0.4) is 0 Å². The summed E-state index contributed by atoms with van der Waals surface area (Å²) in [6, 6.07) is 6.58. The summed E-state index contributed by atoms with van der Waals surface area (Å²) in [4.78, 5) is 16.0. The van der Waals surface area contributed by atoms with E-state index in [1.165, 1.54) is 16.8 Å².